The number of furan rings is 1. The highest BCUT2D eigenvalue weighted by Gasteiger charge is 2.17. The molecule has 2 rings (SSSR count). The van der Waals surface area contributed by atoms with Crippen LogP contribution in [0, 0.1) is 5.92 Å². The van der Waals surface area contributed by atoms with Crippen LogP contribution in [-0.4, -0.2) is 20.6 Å². The molecule has 120 valence electrons. The van der Waals surface area contributed by atoms with Gasteiger partial charge in [-0.2, -0.15) is 0 Å². The summed E-state index contributed by atoms with van der Waals surface area (Å²) in [6.07, 6.45) is 2.87. The predicted molar refractivity (Wildman–Crippen MR) is 93.4 cm³/mol. The van der Waals surface area contributed by atoms with Crippen LogP contribution in [0.2, 0.25) is 0 Å². The van der Waals surface area contributed by atoms with E-state index < -0.39 is 0 Å². The first-order valence-corrected chi connectivity index (χ1v) is 8.08. The number of nitrogens with zero attached hydrogens (tertiary/aromatic N) is 1. The smallest absolute Gasteiger partial charge is 0.107 e. The van der Waals surface area contributed by atoms with Gasteiger partial charge in [0.2, 0.25) is 0 Å². The molecule has 0 unspecified atom stereocenters. The van der Waals surface area contributed by atoms with Crippen molar-refractivity contribution in [1.82, 2.24) is 5.32 Å². The topological polar surface area (TPSA) is 28.4 Å². The Labute approximate surface area is 134 Å². The second-order valence-corrected chi connectivity index (χ2v) is 6.39. The van der Waals surface area contributed by atoms with Gasteiger partial charge in [0, 0.05) is 32.2 Å². The van der Waals surface area contributed by atoms with Crippen LogP contribution in [0.5, 0.6) is 0 Å². The molecule has 1 heterocycles. The predicted octanol–water partition coefficient (Wildman–Crippen LogP) is 4.27. The molecule has 3 heteroatoms. The molecule has 0 aliphatic heterocycles. The summed E-state index contributed by atoms with van der Waals surface area (Å²) in [7, 11) is 4.13. The average molecular weight is 300 g/mol. The maximum absolute atomic E-state index is 5.58. The van der Waals surface area contributed by atoms with Crippen molar-refractivity contribution in [2.75, 3.05) is 25.5 Å². The summed E-state index contributed by atoms with van der Waals surface area (Å²) in [6.45, 7) is 6.43. The second kappa shape index (κ2) is 8.04. The van der Waals surface area contributed by atoms with Gasteiger partial charge in [0.1, 0.15) is 5.76 Å². The molecule has 2 aromatic rings. The van der Waals surface area contributed by atoms with Crippen molar-refractivity contribution in [2.24, 2.45) is 5.92 Å². The monoisotopic (exact) mass is 300 g/mol. The molecule has 1 aromatic heterocycles. The van der Waals surface area contributed by atoms with Crippen LogP contribution in [0.1, 0.15) is 37.5 Å². The lowest BCUT2D eigenvalue weighted by Crippen LogP contribution is -2.19. The zero-order valence-corrected chi connectivity index (χ0v) is 14.2. The van der Waals surface area contributed by atoms with Gasteiger partial charge < -0.3 is 14.6 Å². The van der Waals surface area contributed by atoms with E-state index in [9.17, 15) is 0 Å². The summed E-state index contributed by atoms with van der Waals surface area (Å²) in [5, 5.41) is 3.54. The molecule has 0 saturated heterocycles. The van der Waals surface area contributed by atoms with Crippen LogP contribution in [-0.2, 0) is 6.54 Å². The molecular formula is C19H28N2O. The van der Waals surface area contributed by atoms with E-state index in [1.807, 2.05) is 6.07 Å². The van der Waals surface area contributed by atoms with Crippen LogP contribution < -0.4 is 10.2 Å². The van der Waals surface area contributed by atoms with Crippen LogP contribution in [0.15, 0.2) is 47.1 Å². The lowest BCUT2D eigenvalue weighted by molar-refractivity contribution is 0.372. The lowest BCUT2D eigenvalue weighted by atomic mass is 9.90. The molecular weight excluding hydrogens is 272 g/mol. The standard InChI is InChI=1S/C19H28N2O/c1-15(2)18(19-6-5-13-22-19)11-12-20-14-16-7-9-17(10-8-16)21(3)4/h5-10,13,15,18,20H,11-12,14H2,1-4H3/t18-/m1/s1. The summed E-state index contributed by atoms with van der Waals surface area (Å²) in [4.78, 5) is 2.12. The highest BCUT2D eigenvalue weighted by atomic mass is 16.3. The van der Waals surface area contributed by atoms with E-state index in [1.165, 1.54) is 11.3 Å². The Kier molecular flexibility index (Phi) is 6.08. The third kappa shape index (κ3) is 4.63. The first kappa shape index (κ1) is 16.6. The summed E-state index contributed by atoms with van der Waals surface area (Å²) < 4.78 is 5.58. The van der Waals surface area contributed by atoms with Crippen molar-refractivity contribution in [3.8, 4) is 0 Å². The lowest BCUT2D eigenvalue weighted by Gasteiger charge is -2.19. The molecule has 1 atom stereocenters. The Morgan fingerprint density at radius 3 is 2.36 bits per heavy atom. The van der Waals surface area contributed by atoms with Gasteiger partial charge >= 0.3 is 0 Å². The second-order valence-electron chi connectivity index (χ2n) is 6.39. The molecule has 0 bridgehead atoms. The minimum atomic E-state index is 0.485. The zero-order valence-electron chi connectivity index (χ0n) is 14.2. The zero-order chi connectivity index (χ0) is 15.9. The van der Waals surface area contributed by atoms with E-state index in [0.29, 0.717) is 11.8 Å². The minimum absolute atomic E-state index is 0.485. The number of hydrogen-bond acceptors (Lipinski definition) is 3. The van der Waals surface area contributed by atoms with Crippen LogP contribution in [0.25, 0.3) is 0 Å². The van der Waals surface area contributed by atoms with Gasteiger partial charge in [0.05, 0.1) is 6.26 Å². The molecule has 0 aliphatic rings. The van der Waals surface area contributed by atoms with Gasteiger partial charge in [-0.05, 0) is 48.7 Å². The van der Waals surface area contributed by atoms with Gasteiger partial charge in [-0.25, -0.2) is 0 Å². The van der Waals surface area contributed by atoms with Crippen LogP contribution in [0.3, 0.4) is 0 Å². The van der Waals surface area contributed by atoms with E-state index in [0.717, 1.165) is 25.3 Å². The Balaban J connectivity index is 1.78. The highest BCUT2D eigenvalue weighted by molar-refractivity contribution is 5.45. The molecule has 0 radical (unpaired) electrons. The molecule has 0 amide bonds. The minimum Gasteiger partial charge on any atom is -0.469 e. The third-order valence-electron chi connectivity index (χ3n) is 4.13. The average Bonchev–Trinajstić information content (AvgIpc) is 3.01. The van der Waals surface area contributed by atoms with Crippen molar-refractivity contribution < 1.29 is 4.42 Å². The van der Waals surface area contributed by atoms with Gasteiger partial charge in [-0.1, -0.05) is 26.0 Å². The maximum atomic E-state index is 5.58. The fraction of sp³-hybridized carbons (Fsp3) is 0.474. The van der Waals surface area contributed by atoms with Gasteiger partial charge in [-0.3, -0.25) is 0 Å². The van der Waals surface area contributed by atoms with Crippen molar-refractivity contribution in [3.63, 3.8) is 0 Å². The molecule has 0 aliphatic carbocycles. The van der Waals surface area contributed by atoms with E-state index in [1.54, 1.807) is 6.26 Å². The van der Waals surface area contributed by atoms with Gasteiger partial charge in [0.15, 0.2) is 0 Å². The van der Waals surface area contributed by atoms with Crippen molar-refractivity contribution in [2.45, 2.75) is 32.7 Å². The SMILES string of the molecule is CC(C)[C@@H](CCNCc1ccc(N(C)C)cc1)c1ccco1. The number of rotatable bonds is 8. The summed E-state index contributed by atoms with van der Waals surface area (Å²) in [5.74, 6) is 2.18. The van der Waals surface area contributed by atoms with Crippen LogP contribution in [0.4, 0.5) is 5.69 Å². The maximum Gasteiger partial charge on any atom is 0.107 e. The van der Waals surface area contributed by atoms with Gasteiger partial charge in [0.25, 0.3) is 0 Å². The normalized spacial score (nSPS) is 12.6. The highest BCUT2D eigenvalue weighted by Crippen LogP contribution is 2.27. The van der Waals surface area contributed by atoms with Crippen molar-refractivity contribution in [1.29, 1.82) is 0 Å². The summed E-state index contributed by atoms with van der Waals surface area (Å²) >= 11 is 0. The van der Waals surface area contributed by atoms with E-state index in [-0.39, 0.29) is 0 Å². The van der Waals surface area contributed by atoms with Crippen LogP contribution >= 0.6 is 0 Å². The summed E-state index contributed by atoms with van der Waals surface area (Å²) in [6, 6.07) is 12.8. The van der Waals surface area contributed by atoms with Crippen molar-refractivity contribution >= 4 is 5.69 Å². The Morgan fingerprint density at radius 2 is 1.82 bits per heavy atom. The number of nitrogens with one attached hydrogen (secondary N) is 1. The Morgan fingerprint density at radius 1 is 1.09 bits per heavy atom. The first-order valence-electron chi connectivity index (χ1n) is 8.08. The fourth-order valence-electron chi connectivity index (χ4n) is 2.71. The first-order chi connectivity index (χ1) is 10.6. The largest absolute Gasteiger partial charge is 0.469 e. The quantitative estimate of drug-likeness (QED) is 0.738. The number of benzene rings is 1. The molecule has 0 saturated carbocycles. The van der Waals surface area contributed by atoms with E-state index >= 15 is 0 Å². The molecule has 0 fully saturated rings. The molecule has 22 heavy (non-hydrogen) atoms. The molecule has 0 spiro atoms. The van der Waals surface area contributed by atoms with Crippen molar-refractivity contribution in [3.05, 3.63) is 54.0 Å². The Hall–Kier alpha value is -1.74. The van der Waals surface area contributed by atoms with Gasteiger partial charge in [-0.15, -0.1) is 0 Å². The summed E-state index contributed by atoms with van der Waals surface area (Å²) in [5.41, 5.74) is 2.56. The van der Waals surface area contributed by atoms with E-state index in [2.05, 4.69) is 68.5 Å². The fourth-order valence-corrected chi connectivity index (χ4v) is 2.71. The Bertz CT molecular complexity index is 529. The third-order valence-corrected chi connectivity index (χ3v) is 4.13. The number of anilines is 1. The molecule has 1 N–H and O–H groups in total. The number of hydrogen-bond donors (Lipinski definition) is 1. The molecule has 1 aromatic carbocycles. The molecule has 3 nitrogen and oxygen atoms in total. The van der Waals surface area contributed by atoms with E-state index in [4.69, 9.17) is 4.42 Å².